The van der Waals surface area contributed by atoms with Crippen molar-refractivity contribution < 1.29 is 14.3 Å². The van der Waals surface area contributed by atoms with E-state index < -0.39 is 0 Å². The fourth-order valence-electron chi connectivity index (χ4n) is 2.53. The summed E-state index contributed by atoms with van der Waals surface area (Å²) in [5.74, 6) is 1.14. The van der Waals surface area contributed by atoms with Crippen molar-refractivity contribution in [2.75, 3.05) is 19.5 Å². The lowest BCUT2D eigenvalue weighted by Crippen LogP contribution is -2.14. The fraction of sp³-hybridized carbons (Fsp3) is 0.158. The van der Waals surface area contributed by atoms with Crippen LogP contribution in [-0.2, 0) is 11.2 Å². The summed E-state index contributed by atoms with van der Waals surface area (Å²) in [6.07, 6.45) is 3.80. The standard InChI is InChI=1S/C19H19N3O3/c1-24-17-8-7-14(11-18(17)25-2)12-19(23)21-15-5-3-6-16(13-15)22-10-4-9-20-22/h3-11,13H,12H2,1-2H3,(H,21,23). The minimum absolute atomic E-state index is 0.107. The van der Waals surface area contributed by atoms with Crippen LogP contribution in [0.15, 0.2) is 60.9 Å². The van der Waals surface area contributed by atoms with E-state index in [-0.39, 0.29) is 12.3 Å². The van der Waals surface area contributed by atoms with Crippen molar-refractivity contribution in [3.8, 4) is 17.2 Å². The zero-order chi connectivity index (χ0) is 17.6. The van der Waals surface area contributed by atoms with Gasteiger partial charge in [0.15, 0.2) is 11.5 Å². The summed E-state index contributed by atoms with van der Waals surface area (Å²) in [6.45, 7) is 0. The summed E-state index contributed by atoms with van der Waals surface area (Å²) in [6, 6.07) is 14.8. The summed E-state index contributed by atoms with van der Waals surface area (Å²) < 4.78 is 12.2. The molecule has 0 fully saturated rings. The number of hydrogen-bond acceptors (Lipinski definition) is 4. The molecule has 0 saturated carbocycles. The Labute approximate surface area is 146 Å². The fourth-order valence-corrected chi connectivity index (χ4v) is 2.53. The number of nitrogens with zero attached hydrogens (tertiary/aromatic N) is 2. The lowest BCUT2D eigenvalue weighted by Gasteiger charge is -2.10. The van der Waals surface area contributed by atoms with E-state index in [0.717, 1.165) is 16.9 Å². The second-order valence-electron chi connectivity index (χ2n) is 5.42. The molecule has 1 N–H and O–H groups in total. The number of carbonyl (C=O) groups excluding carboxylic acids is 1. The van der Waals surface area contributed by atoms with Crippen molar-refractivity contribution in [1.82, 2.24) is 9.78 Å². The summed E-state index contributed by atoms with van der Waals surface area (Å²) in [5, 5.41) is 7.09. The molecule has 0 bridgehead atoms. The number of benzene rings is 2. The van der Waals surface area contributed by atoms with E-state index >= 15 is 0 Å². The molecule has 0 aliphatic carbocycles. The van der Waals surface area contributed by atoms with Gasteiger partial charge in [-0.3, -0.25) is 4.79 Å². The quantitative estimate of drug-likeness (QED) is 0.751. The van der Waals surface area contributed by atoms with Gasteiger partial charge in [0.05, 0.1) is 26.3 Å². The summed E-state index contributed by atoms with van der Waals surface area (Å²) >= 11 is 0. The third-order valence-electron chi connectivity index (χ3n) is 3.71. The average molecular weight is 337 g/mol. The van der Waals surface area contributed by atoms with Crippen LogP contribution in [0.4, 0.5) is 5.69 Å². The van der Waals surface area contributed by atoms with E-state index in [1.54, 1.807) is 37.2 Å². The minimum Gasteiger partial charge on any atom is -0.493 e. The maximum Gasteiger partial charge on any atom is 0.228 e. The number of aromatic nitrogens is 2. The van der Waals surface area contributed by atoms with Gasteiger partial charge in [-0.15, -0.1) is 0 Å². The van der Waals surface area contributed by atoms with Gasteiger partial charge >= 0.3 is 0 Å². The van der Waals surface area contributed by atoms with Gasteiger partial charge in [-0.05, 0) is 42.0 Å². The van der Waals surface area contributed by atoms with Gasteiger partial charge in [0.1, 0.15) is 0 Å². The Balaban J connectivity index is 1.70. The lowest BCUT2D eigenvalue weighted by molar-refractivity contribution is -0.115. The topological polar surface area (TPSA) is 65.4 Å². The first-order valence-electron chi connectivity index (χ1n) is 7.80. The molecule has 6 nitrogen and oxygen atoms in total. The zero-order valence-electron chi connectivity index (χ0n) is 14.1. The molecule has 6 heteroatoms. The Morgan fingerprint density at radius 2 is 1.92 bits per heavy atom. The predicted molar refractivity (Wildman–Crippen MR) is 95.4 cm³/mol. The Morgan fingerprint density at radius 3 is 2.64 bits per heavy atom. The molecule has 0 aliphatic rings. The van der Waals surface area contributed by atoms with E-state index in [0.29, 0.717) is 11.5 Å². The molecule has 0 radical (unpaired) electrons. The SMILES string of the molecule is COc1ccc(CC(=O)Nc2cccc(-n3cccn3)c2)cc1OC. The second kappa shape index (κ2) is 7.53. The van der Waals surface area contributed by atoms with Crippen molar-refractivity contribution in [2.24, 2.45) is 0 Å². The van der Waals surface area contributed by atoms with E-state index in [1.807, 2.05) is 42.6 Å². The van der Waals surface area contributed by atoms with Crippen molar-refractivity contribution >= 4 is 11.6 Å². The van der Waals surface area contributed by atoms with Crippen molar-refractivity contribution in [3.63, 3.8) is 0 Å². The van der Waals surface area contributed by atoms with Crippen molar-refractivity contribution in [1.29, 1.82) is 0 Å². The number of methoxy groups -OCH3 is 2. The van der Waals surface area contributed by atoms with Gasteiger partial charge in [0, 0.05) is 18.1 Å². The van der Waals surface area contributed by atoms with Gasteiger partial charge in [-0.2, -0.15) is 5.10 Å². The van der Waals surface area contributed by atoms with Crippen LogP contribution in [0.25, 0.3) is 5.69 Å². The van der Waals surface area contributed by atoms with Crippen LogP contribution in [0.1, 0.15) is 5.56 Å². The number of carbonyl (C=O) groups is 1. The number of anilines is 1. The highest BCUT2D eigenvalue weighted by molar-refractivity contribution is 5.92. The molecule has 0 saturated heterocycles. The molecule has 3 aromatic rings. The van der Waals surface area contributed by atoms with Gasteiger partial charge < -0.3 is 14.8 Å². The highest BCUT2D eigenvalue weighted by Crippen LogP contribution is 2.27. The van der Waals surface area contributed by atoms with Gasteiger partial charge in [0.25, 0.3) is 0 Å². The first-order valence-corrected chi connectivity index (χ1v) is 7.80. The first-order chi connectivity index (χ1) is 12.2. The molecule has 0 unspecified atom stereocenters. The molecule has 0 aliphatic heterocycles. The molecular formula is C19H19N3O3. The van der Waals surface area contributed by atoms with Crippen LogP contribution in [-0.4, -0.2) is 29.9 Å². The monoisotopic (exact) mass is 337 g/mol. The Morgan fingerprint density at radius 1 is 1.08 bits per heavy atom. The molecule has 2 aromatic carbocycles. The number of amides is 1. The number of rotatable bonds is 6. The van der Waals surface area contributed by atoms with Gasteiger partial charge in [0.2, 0.25) is 5.91 Å². The molecule has 1 heterocycles. The molecule has 128 valence electrons. The molecular weight excluding hydrogens is 318 g/mol. The van der Waals surface area contributed by atoms with Gasteiger partial charge in [-0.25, -0.2) is 4.68 Å². The van der Waals surface area contributed by atoms with Crippen LogP contribution in [0.2, 0.25) is 0 Å². The second-order valence-corrected chi connectivity index (χ2v) is 5.42. The first kappa shape index (κ1) is 16.6. The maximum atomic E-state index is 12.3. The maximum absolute atomic E-state index is 12.3. The van der Waals surface area contributed by atoms with Crippen molar-refractivity contribution in [2.45, 2.75) is 6.42 Å². The highest BCUT2D eigenvalue weighted by Gasteiger charge is 2.09. The largest absolute Gasteiger partial charge is 0.493 e. The zero-order valence-corrected chi connectivity index (χ0v) is 14.1. The minimum atomic E-state index is -0.107. The van der Waals surface area contributed by atoms with Crippen LogP contribution in [0.3, 0.4) is 0 Å². The van der Waals surface area contributed by atoms with Crippen molar-refractivity contribution in [3.05, 3.63) is 66.5 Å². The van der Waals surface area contributed by atoms with Crippen LogP contribution in [0, 0.1) is 0 Å². The average Bonchev–Trinajstić information content (AvgIpc) is 3.16. The molecule has 0 atom stereocenters. The van der Waals surface area contributed by atoms with E-state index in [2.05, 4.69) is 10.4 Å². The van der Waals surface area contributed by atoms with Gasteiger partial charge in [-0.1, -0.05) is 12.1 Å². The Bertz CT molecular complexity index is 860. The third kappa shape index (κ3) is 3.98. The lowest BCUT2D eigenvalue weighted by atomic mass is 10.1. The third-order valence-corrected chi connectivity index (χ3v) is 3.71. The number of hydrogen-bond donors (Lipinski definition) is 1. The predicted octanol–water partition coefficient (Wildman–Crippen LogP) is 3.07. The Hall–Kier alpha value is -3.28. The molecule has 1 aromatic heterocycles. The summed E-state index contributed by atoms with van der Waals surface area (Å²) in [4.78, 5) is 12.3. The van der Waals surface area contributed by atoms with Crippen LogP contribution >= 0.6 is 0 Å². The van der Waals surface area contributed by atoms with Crippen LogP contribution < -0.4 is 14.8 Å². The van der Waals surface area contributed by atoms with E-state index in [4.69, 9.17) is 9.47 Å². The number of nitrogens with one attached hydrogen (secondary N) is 1. The molecule has 0 spiro atoms. The van der Waals surface area contributed by atoms with E-state index in [1.165, 1.54) is 0 Å². The molecule has 1 amide bonds. The highest BCUT2D eigenvalue weighted by atomic mass is 16.5. The Kier molecular flexibility index (Phi) is 4.99. The number of ether oxygens (including phenoxy) is 2. The normalized spacial score (nSPS) is 10.3. The summed E-state index contributed by atoms with van der Waals surface area (Å²) in [5.41, 5.74) is 2.45. The van der Waals surface area contributed by atoms with E-state index in [9.17, 15) is 4.79 Å². The van der Waals surface area contributed by atoms with Crippen LogP contribution in [0.5, 0.6) is 11.5 Å². The molecule has 25 heavy (non-hydrogen) atoms. The summed E-state index contributed by atoms with van der Waals surface area (Å²) in [7, 11) is 3.15. The molecule has 3 rings (SSSR count). The smallest absolute Gasteiger partial charge is 0.228 e.